The SMILES string of the molecule is COc1ccc2c(N)nc(N3CCN(C(=O)c4ccccc4)CC3)nc2c1OC. The summed E-state index contributed by atoms with van der Waals surface area (Å²) >= 11 is 0. The Labute approximate surface area is 168 Å². The van der Waals surface area contributed by atoms with E-state index in [2.05, 4.69) is 4.98 Å². The molecule has 2 aromatic carbocycles. The largest absolute Gasteiger partial charge is 0.493 e. The Bertz CT molecular complexity index is 1030. The van der Waals surface area contributed by atoms with Crippen molar-refractivity contribution < 1.29 is 14.3 Å². The van der Waals surface area contributed by atoms with Crippen molar-refractivity contribution in [1.82, 2.24) is 14.9 Å². The van der Waals surface area contributed by atoms with Crippen molar-refractivity contribution >= 4 is 28.6 Å². The monoisotopic (exact) mass is 393 g/mol. The Morgan fingerprint density at radius 1 is 0.966 bits per heavy atom. The molecule has 29 heavy (non-hydrogen) atoms. The smallest absolute Gasteiger partial charge is 0.253 e. The first-order chi connectivity index (χ1) is 14.1. The molecule has 2 N–H and O–H groups in total. The number of carbonyl (C=O) groups excluding carboxylic acids is 1. The standard InChI is InChI=1S/C21H23N5O3/c1-28-16-9-8-15-17(18(16)29-2)23-21(24-19(15)22)26-12-10-25(11-13-26)20(27)14-6-4-3-5-7-14/h3-9H,10-13H2,1-2H3,(H2,22,23,24). The highest BCUT2D eigenvalue weighted by Gasteiger charge is 2.25. The summed E-state index contributed by atoms with van der Waals surface area (Å²) in [7, 11) is 3.15. The molecule has 1 aliphatic rings. The maximum absolute atomic E-state index is 12.7. The molecule has 150 valence electrons. The Morgan fingerprint density at radius 3 is 2.34 bits per heavy atom. The number of rotatable bonds is 4. The summed E-state index contributed by atoms with van der Waals surface area (Å²) in [6, 6.07) is 12.9. The highest BCUT2D eigenvalue weighted by atomic mass is 16.5. The molecule has 0 atom stereocenters. The lowest BCUT2D eigenvalue weighted by atomic mass is 10.2. The number of anilines is 2. The minimum Gasteiger partial charge on any atom is -0.493 e. The number of hydrogen-bond donors (Lipinski definition) is 1. The number of methoxy groups -OCH3 is 2. The molecule has 1 aliphatic heterocycles. The normalized spacial score (nSPS) is 14.1. The van der Waals surface area contributed by atoms with Gasteiger partial charge in [-0.3, -0.25) is 4.79 Å². The van der Waals surface area contributed by atoms with Crippen LogP contribution in [0.3, 0.4) is 0 Å². The van der Waals surface area contributed by atoms with Gasteiger partial charge >= 0.3 is 0 Å². The molecular weight excluding hydrogens is 370 g/mol. The van der Waals surface area contributed by atoms with E-state index in [4.69, 9.17) is 20.2 Å². The minimum atomic E-state index is 0.0376. The molecule has 2 heterocycles. The zero-order valence-electron chi connectivity index (χ0n) is 16.5. The first-order valence-electron chi connectivity index (χ1n) is 9.40. The van der Waals surface area contributed by atoms with Gasteiger partial charge in [-0.25, -0.2) is 4.98 Å². The fraction of sp³-hybridized carbons (Fsp3) is 0.286. The third-order valence-electron chi connectivity index (χ3n) is 5.10. The molecule has 8 nitrogen and oxygen atoms in total. The van der Waals surface area contributed by atoms with Crippen molar-refractivity contribution in [2.45, 2.75) is 0 Å². The number of fused-ring (bicyclic) bond motifs is 1. The lowest BCUT2D eigenvalue weighted by Crippen LogP contribution is -2.49. The third kappa shape index (κ3) is 3.49. The molecule has 0 unspecified atom stereocenters. The molecule has 1 aromatic heterocycles. The van der Waals surface area contributed by atoms with Crippen LogP contribution in [0.1, 0.15) is 10.4 Å². The second-order valence-electron chi connectivity index (χ2n) is 6.75. The summed E-state index contributed by atoms with van der Waals surface area (Å²) in [4.78, 5) is 25.7. The van der Waals surface area contributed by atoms with Gasteiger partial charge in [0.25, 0.3) is 5.91 Å². The van der Waals surface area contributed by atoms with E-state index in [0.717, 1.165) is 0 Å². The number of hydrogen-bond acceptors (Lipinski definition) is 7. The maximum Gasteiger partial charge on any atom is 0.253 e. The van der Waals surface area contributed by atoms with Crippen LogP contribution >= 0.6 is 0 Å². The topological polar surface area (TPSA) is 93.8 Å². The Kier molecular flexibility index (Phi) is 5.07. The van der Waals surface area contributed by atoms with Crippen LogP contribution in [0.5, 0.6) is 11.5 Å². The first-order valence-corrected chi connectivity index (χ1v) is 9.40. The number of nitrogens with two attached hydrogens (primary N) is 1. The van der Waals surface area contributed by atoms with Crippen LogP contribution in [0.25, 0.3) is 10.9 Å². The zero-order chi connectivity index (χ0) is 20.4. The van der Waals surface area contributed by atoms with E-state index in [9.17, 15) is 4.79 Å². The molecule has 0 aliphatic carbocycles. The van der Waals surface area contributed by atoms with Crippen molar-refractivity contribution in [3.8, 4) is 11.5 Å². The average Bonchev–Trinajstić information content (AvgIpc) is 2.78. The van der Waals surface area contributed by atoms with Crippen molar-refractivity contribution in [3.63, 3.8) is 0 Å². The van der Waals surface area contributed by atoms with Gasteiger partial charge < -0.3 is 25.0 Å². The van der Waals surface area contributed by atoms with Crippen molar-refractivity contribution in [1.29, 1.82) is 0 Å². The van der Waals surface area contributed by atoms with Crippen molar-refractivity contribution in [3.05, 3.63) is 48.0 Å². The van der Waals surface area contributed by atoms with Crippen LogP contribution in [0.2, 0.25) is 0 Å². The summed E-state index contributed by atoms with van der Waals surface area (Å²) in [5, 5.41) is 0.712. The zero-order valence-corrected chi connectivity index (χ0v) is 16.5. The van der Waals surface area contributed by atoms with E-state index < -0.39 is 0 Å². The minimum absolute atomic E-state index is 0.0376. The number of benzene rings is 2. The fourth-order valence-corrected chi connectivity index (χ4v) is 3.54. The molecular formula is C21H23N5O3. The summed E-state index contributed by atoms with van der Waals surface area (Å²) in [6.07, 6.45) is 0. The van der Waals surface area contributed by atoms with Crippen LogP contribution in [0.15, 0.2) is 42.5 Å². The quantitative estimate of drug-likeness (QED) is 0.726. The van der Waals surface area contributed by atoms with Gasteiger partial charge in [-0.15, -0.1) is 0 Å². The molecule has 1 amide bonds. The van der Waals surface area contributed by atoms with Crippen LogP contribution in [0, 0.1) is 0 Å². The van der Waals surface area contributed by atoms with Crippen LogP contribution in [-0.4, -0.2) is 61.2 Å². The lowest BCUT2D eigenvalue weighted by Gasteiger charge is -2.35. The predicted molar refractivity (Wildman–Crippen MR) is 112 cm³/mol. The van der Waals surface area contributed by atoms with Gasteiger partial charge in [0, 0.05) is 37.1 Å². The molecule has 8 heteroatoms. The van der Waals surface area contributed by atoms with E-state index >= 15 is 0 Å². The van der Waals surface area contributed by atoms with E-state index in [-0.39, 0.29) is 5.91 Å². The number of nitrogen functional groups attached to an aromatic ring is 1. The van der Waals surface area contributed by atoms with Gasteiger partial charge in [0.15, 0.2) is 11.5 Å². The second-order valence-corrected chi connectivity index (χ2v) is 6.75. The summed E-state index contributed by atoms with van der Waals surface area (Å²) in [5.41, 5.74) is 7.50. The van der Waals surface area contributed by atoms with Crippen LogP contribution in [-0.2, 0) is 0 Å². The first kappa shape index (κ1) is 18.8. The Morgan fingerprint density at radius 2 is 1.69 bits per heavy atom. The summed E-state index contributed by atoms with van der Waals surface area (Å²) < 4.78 is 10.9. The van der Waals surface area contributed by atoms with Gasteiger partial charge in [-0.1, -0.05) is 18.2 Å². The fourth-order valence-electron chi connectivity index (χ4n) is 3.54. The Hall–Kier alpha value is -3.55. The van der Waals surface area contributed by atoms with E-state index in [1.165, 1.54) is 0 Å². The van der Waals surface area contributed by atoms with Gasteiger partial charge in [0.2, 0.25) is 5.95 Å². The van der Waals surface area contributed by atoms with E-state index in [1.807, 2.05) is 46.2 Å². The number of amides is 1. The second kappa shape index (κ2) is 7.83. The maximum atomic E-state index is 12.7. The van der Waals surface area contributed by atoms with Gasteiger partial charge in [-0.05, 0) is 24.3 Å². The third-order valence-corrected chi connectivity index (χ3v) is 5.10. The number of ether oxygens (including phenoxy) is 2. The molecule has 1 fully saturated rings. The molecule has 0 spiro atoms. The van der Waals surface area contributed by atoms with Crippen LogP contribution < -0.4 is 20.1 Å². The highest BCUT2D eigenvalue weighted by Crippen LogP contribution is 2.36. The summed E-state index contributed by atoms with van der Waals surface area (Å²) in [6.45, 7) is 2.42. The molecule has 0 saturated carbocycles. The number of piperazine rings is 1. The molecule has 1 saturated heterocycles. The summed E-state index contributed by atoms with van der Waals surface area (Å²) in [5.74, 6) is 2.05. The van der Waals surface area contributed by atoms with Gasteiger partial charge in [-0.2, -0.15) is 4.98 Å². The van der Waals surface area contributed by atoms with Crippen molar-refractivity contribution in [2.75, 3.05) is 51.0 Å². The molecule has 4 rings (SSSR count). The Balaban J connectivity index is 1.57. The van der Waals surface area contributed by atoms with E-state index in [0.29, 0.717) is 65.9 Å². The number of nitrogens with zero attached hydrogens (tertiary/aromatic N) is 4. The predicted octanol–water partition coefficient (Wildman–Crippen LogP) is 2.19. The molecule has 3 aromatic rings. The number of carbonyl (C=O) groups is 1. The molecule has 0 bridgehead atoms. The molecule has 0 radical (unpaired) electrons. The average molecular weight is 393 g/mol. The van der Waals surface area contributed by atoms with E-state index in [1.54, 1.807) is 20.3 Å². The van der Waals surface area contributed by atoms with Gasteiger partial charge in [0.05, 0.1) is 14.2 Å². The van der Waals surface area contributed by atoms with Crippen molar-refractivity contribution in [2.24, 2.45) is 0 Å². The lowest BCUT2D eigenvalue weighted by molar-refractivity contribution is 0.0746. The van der Waals surface area contributed by atoms with Gasteiger partial charge in [0.1, 0.15) is 11.3 Å². The van der Waals surface area contributed by atoms with Crippen LogP contribution in [0.4, 0.5) is 11.8 Å². The highest BCUT2D eigenvalue weighted by molar-refractivity contribution is 5.95. The number of aromatic nitrogens is 2.